The average Bonchev–Trinajstić information content (AvgIpc) is 2.93. The summed E-state index contributed by atoms with van der Waals surface area (Å²) in [5, 5.41) is 5.31. The van der Waals surface area contributed by atoms with Crippen LogP contribution in [0.4, 0.5) is 5.69 Å². The lowest BCUT2D eigenvalue weighted by Crippen LogP contribution is -2.36. The van der Waals surface area contributed by atoms with E-state index in [-0.39, 0.29) is 18.4 Å². The summed E-state index contributed by atoms with van der Waals surface area (Å²) < 4.78 is 0. The highest BCUT2D eigenvalue weighted by atomic mass is 16.2. The van der Waals surface area contributed by atoms with Crippen molar-refractivity contribution in [2.75, 3.05) is 31.1 Å². The number of carbonyl (C=O) groups excluding carboxylic acids is 2. The summed E-state index contributed by atoms with van der Waals surface area (Å²) >= 11 is 0. The Kier molecular flexibility index (Phi) is 8.02. The van der Waals surface area contributed by atoms with Crippen molar-refractivity contribution in [3.8, 4) is 0 Å². The first-order chi connectivity index (χ1) is 12.2. The van der Waals surface area contributed by atoms with Crippen LogP contribution in [0.5, 0.6) is 0 Å². The summed E-state index contributed by atoms with van der Waals surface area (Å²) in [5.74, 6) is -0.423. The molecule has 136 valence electrons. The van der Waals surface area contributed by atoms with Crippen LogP contribution < -0.4 is 15.5 Å². The van der Waals surface area contributed by atoms with Crippen molar-refractivity contribution in [2.24, 2.45) is 0 Å². The highest BCUT2D eigenvalue weighted by molar-refractivity contribution is 5.94. The van der Waals surface area contributed by atoms with Crippen molar-refractivity contribution in [1.82, 2.24) is 10.6 Å². The SMILES string of the molecule is CCCNC(=O)CNC(=O)/C=C/c1ccc(N2CCCCCC2)cc1. The maximum Gasteiger partial charge on any atom is 0.244 e. The van der Waals surface area contributed by atoms with Crippen LogP contribution in [0.1, 0.15) is 44.6 Å². The first-order valence-corrected chi connectivity index (χ1v) is 9.26. The second-order valence-corrected chi connectivity index (χ2v) is 6.39. The lowest BCUT2D eigenvalue weighted by molar-refractivity contribution is -0.123. The molecule has 1 heterocycles. The number of anilines is 1. The van der Waals surface area contributed by atoms with E-state index in [9.17, 15) is 9.59 Å². The van der Waals surface area contributed by atoms with Crippen molar-refractivity contribution in [3.05, 3.63) is 35.9 Å². The van der Waals surface area contributed by atoms with Crippen LogP contribution in [0.2, 0.25) is 0 Å². The number of nitrogens with one attached hydrogen (secondary N) is 2. The zero-order chi connectivity index (χ0) is 17.9. The lowest BCUT2D eigenvalue weighted by atomic mass is 10.1. The zero-order valence-electron chi connectivity index (χ0n) is 15.1. The van der Waals surface area contributed by atoms with Gasteiger partial charge in [-0.25, -0.2) is 0 Å². The number of amides is 2. The summed E-state index contributed by atoms with van der Waals surface area (Å²) in [6.45, 7) is 4.88. The van der Waals surface area contributed by atoms with Gasteiger partial charge in [0.05, 0.1) is 6.54 Å². The molecular formula is C20H29N3O2. The van der Waals surface area contributed by atoms with Crippen molar-refractivity contribution >= 4 is 23.6 Å². The number of hydrogen-bond donors (Lipinski definition) is 2. The van der Waals surface area contributed by atoms with Gasteiger partial charge in [-0.15, -0.1) is 0 Å². The van der Waals surface area contributed by atoms with Crippen molar-refractivity contribution < 1.29 is 9.59 Å². The minimum Gasteiger partial charge on any atom is -0.372 e. The normalized spacial score (nSPS) is 15.0. The number of hydrogen-bond acceptors (Lipinski definition) is 3. The first-order valence-electron chi connectivity index (χ1n) is 9.26. The summed E-state index contributed by atoms with van der Waals surface area (Å²) in [6, 6.07) is 8.28. The van der Waals surface area contributed by atoms with Crippen molar-refractivity contribution in [2.45, 2.75) is 39.0 Å². The van der Waals surface area contributed by atoms with E-state index in [1.54, 1.807) is 6.08 Å². The molecule has 0 spiro atoms. The van der Waals surface area contributed by atoms with Crippen LogP contribution in [0.3, 0.4) is 0 Å². The summed E-state index contributed by atoms with van der Waals surface area (Å²) in [5.41, 5.74) is 2.22. The van der Waals surface area contributed by atoms with Gasteiger partial charge in [0.25, 0.3) is 0 Å². The largest absolute Gasteiger partial charge is 0.372 e. The van der Waals surface area contributed by atoms with Gasteiger partial charge in [-0.1, -0.05) is 31.9 Å². The van der Waals surface area contributed by atoms with E-state index < -0.39 is 0 Å². The molecule has 2 N–H and O–H groups in total. The predicted molar refractivity (Wildman–Crippen MR) is 102 cm³/mol. The van der Waals surface area contributed by atoms with E-state index >= 15 is 0 Å². The van der Waals surface area contributed by atoms with Gasteiger partial charge in [-0.2, -0.15) is 0 Å². The molecule has 0 radical (unpaired) electrons. The molecule has 1 fully saturated rings. The van der Waals surface area contributed by atoms with E-state index in [1.807, 2.05) is 19.1 Å². The highest BCUT2D eigenvalue weighted by Crippen LogP contribution is 2.20. The van der Waals surface area contributed by atoms with Crippen LogP contribution in [-0.2, 0) is 9.59 Å². The molecule has 2 amide bonds. The summed E-state index contributed by atoms with van der Waals surface area (Å²) in [4.78, 5) is 25.6. The second kappa shape index (κ2) is 10.5. The van der Waals surface area contributed by atoms with Gasteiger partial charge in [0.15, 0.2) is 0 Å². The van der Waals surface area contributed by atoms with Gasteiger partial charge in [-0.3, -0.25) is 9.59 Å². The van der Waals surface area contributed by atoms with E-state index in [2.05, 4.69) is 27.7 Å². The monoisotopic (exact) mass is 343 g/mol. The molecule has 0 aliphatic carbocycles. The molecule has 1 aliphatic heterocycles. The topological polar surface area (TPSA) is 61.4 Å². The number of nitrogens with zero attached hydrogens (tertiary/aromatic N) is 1. The van der Waals surface area contributed by atoms with E-state index in [0.29, 0.717) is 6.54 Å². The Bertz CT molecular complexity index is 573. The Hall–Kier alpha value is -2.30. The van der Waals surface area contributed by atoms with Crippen molar-refractivity contribution in [3.63, 3.8) is 0 Å². The molecule has 1 aromatic carbocycles. The van der Waals surface area contributed by atoms with Gasteiger partial charge in [0.1, 0.15) is 0 Å². The molecule has 0 saturated carbocycles. The van der Waals surface area contributed by atoms with Crippen LogP contribution >= 0.6 is 0 Å². The molecule has 25 heavy (non-hydrogen) atoms. The minimum atomic E-state index is -0.261. The van der Waals surface area contributed by atoms with Crippen LogP contribution in [0.15, 0.2) is 30.3 Å². The van der Waals surface area contributed by atoms with Gasteiger partial charge >= 0.3 is 0 Å². The highest BCUT2D eigenvalue weighted by Gasteiger charge is 2.09. The molecule has 2 rings (SSSR count). The molecule has 0 aromatic heterocycles. The quantitative estimate of drug-likeness (QED) is 0.748. The fourth-order valence-corrected chi connectivity index (χ4v) is 2.85. The second-order valence-electron chi connectivity index (χ2n) is 6.39. The smallest absolute Gasteiger partial charge is 0.244 e. The third-order valence-corrected chi connectivity index (χ3v) is 4.29. The Morgan fingerprint density at radius 3 is 2.36 bits per heavy atom. The number of rotatable bonds is 7. The first kappa shape index (κ1) is 19.0. The third-order valence-electron chi connectivity index (χ3n) is 4.29. The predicted octanol–water partition coefficient (Wildman–Crippen LogP) is 2.72. The third kappa shape index (κ3) is 6.99. The summed E-state index contributed by atoms with van der Waals surface area (Å²) in [6.07, 6.45) is 9.28. The fraction of sp³-hybridized carbons (Fsp3) is 0.500. The minimum absolute atomic E-state index is 0.0110. The van der Waals surface area contributed by atoms with Crippen LogP contribution in [0.25, 0.3) is 6.08 Å². The van der Waals surface area contributed by atoms with E-state index in [0.717, 1.165) is 25.1 Å². The number of carbonyl (C=O) groups is 2. The lowest BCUT2D eigenvalue weighted by Gasteiger charge is -2.22. The molecule has 0 unspecified atom stereocenters. The van der Waals surface area contributed by atoms with Gasteiger partial charge in [0, 0.05) is 31.4 Å². The number of benzene rings is 1. The Labute approximate surface area is 150 Å². The molecule has 1 aliphatic rings. The molecule has 5 heteroatoms. The summed E-state index contributed by atoms with van der Waals surface area (Å²) in [7, 11) is 0. The standard InChI is InChI=1S/C20H29N3O2/c1-2-13-21-20(25)16-22-19(24)12-9-17-7-10-18(11-8-17)23-14-5-3-4-6-15-23/h7-12H,2-6,13-16H2,1H3,(H,21,25)(H,22,24)/b12-9+. The van der Waals surface area contributed by atoms with Crippen molar-refractivity contribution in [1.29, 1.82) is 0 Å². The molecule has 0 bridgehead atoms. The van der Waals surface area contributed by atoms with E-state index in [1.165, 1.54) is 37.4 Å². The zero-order valence-corrected chi connectivity index (χ0v) is 15.1. The maximum atomic E-state index is 11.8. The molecule has 5 nitrogen and oxygen atoms in total. The van der Waals surface area contributed by atoms with Gasteiger partial charge in [0.2, 0.25) is 11.8 Å². The molecule has 0 atom stereocenters. The average molecular weight is 343 g/mol. The molecule has 1 aromatic rings. The van der Waals surface area contributed by atoms with Gasteiger partial charge in [-0.05, 0) is 43.0 Å². The Morgan fingerprint density at radius 2 is 1.72 bits per heavy atom. The molecular weight excluding hydrogens is 314 g/mol. The maximum absolute atomic E-state index is 11.8. The fourth-order valence-electron chi connectivity index (χ4n) is 2.85. The Morgan fingerprint density at radius 1 is 1.04 bits per heavy atom. The van der Waals surface area contributed by atoms with Crippen LogP contribution in [0, 0.1) is 0 Å². The van der Waals surface area contributed by atoms with Crippen LogP contribution in [-0.4, -0.2) is 38.0 Å². The van der Waals surface area contributed by atoms with E-state index in [4.69, 9.17) is 0 Å². The molecule has 1 saturated heterocycles. The Balaban J connectivity index is 1.80. The van der Waals surface area contributed by atoms with Gasteiger partial charge < -0.3 is 15.5 Å².